The predicted octanol–water partition coefficient (Wildman–Crippen LogP) is 4.76. The summed E-state index contributed by atoms with van der Waals surface area (Å²) >= 11 is 0. The van der Waals surface area contributed by atoms with E-state index >= 15 is 0 Å². The molecule has 0 saturated carbocycles. The molecule has 0 bridgehead atoms. The van der Waals surface area contributed by atoms with E-state index in [2.05, 4.69) is 47.7 Å². The smallest absolute Gasteiger partial charge is 0.268 e. The molecule has 1 heterocycles. The Morgan fingerprint density at radius 1 is 1.05 bits per heavy atom. The molecule has 0 aromatic heterocycles. The van der Waals surface area contributed by atoms with Gasteiger partial charge in [0.2, 0.25) is 0 Å². The number of rotatable bonds is 9. The molecule has 2 aromatic rings. The maximum absolute atomic E-state index is 13.5. The van der Waals surface area contributed by atoms with Crippen molar-refractivity contribution in [3.63, 3.8) is 0 Å². The molecular formula is C32H47N5O4. The molecule has 1 saturated heterocycles. The standard InChI is InChI=1S/C32H47N5O4/c1-21-9-10-22(16-26(21)34-18-25(33)30(39)35-20-31(2,3)4)29(38)36-27-17-24(32(5,6)7)15-23(28(27)40-8)19-37-11-13-41-14-12-37/h9-10,15-18,34H,11-14,19-20,33H2,1-8H3,(H,35,39)(H,36,38)/b25-18-. The Labute approximate surface area is 244 Å². The first-order chi connectivity index (χ1) is 19.2. The van der Waals surface area contributed by atoms with Gasteiger partial charge in [-0.15, -0.1) is 0 Å². The Hall–Kier alpha value is -3.56. The molecule has 0 unspecified atom stereocenters. The van der Waals surface area contributed by atoms with Crippen molar-refractivity contribution in [1.29, 1.82) is 0 Å². The fraction of sp³-hybridized carbons (Fsp3) is 0.500. The van der Waals surface area contributed by atoms with Crippen LogP contribution in [0.4, 0.5) is 11.4 Å². The molecule has 2 amide bonds. The number of morpholine rings is 1. The van der Waals surface area contributed by atoms with Gasteiger partial charge >= 0.3 is 0 Å². The molecule has 224 valence electrons. The van der Waals surface area contributed by atoms with E-state index in [1.807, 2.05) is 39.8 Å². The third kappa shape index (κ3) is 9.23. The summed E-state index contributed by atoms with van der Waals surface area (Å²) < 4.78 is 11.4. The summed E-state index contributed by atoms with van der Waals surface area (Å²) in [6, 6.07) is 9.54. The van der Waals surface area contributed by atoms with Crippen LogP contribution in [0.3, 0.4) is 0 Å². The number of aryl methyl sites for hydroxylation is 1. The minimum atomic E-state index is -0.349. The van der Waals surface area contributed by atoms with Crippen molar-refractivity contribution in [3.8, 4) is 5.75 Å². The summed E-state index contributed by atoms with van der Waals surface area (Å²) in [4.78, 5) is 28.2. The van der Waals surface area contributed by atoms with Gasteiger partial charge in [0.15, 0.2) is 0 Å². The number of hydrogen-bond acceptors (Lipinski definition) is 7. The van der Waals surface area contributed by atoms with Crippen LogP contribution in [0.15, 0.2) is 42.2 Å². The van der Waals surface area contributed by atoms with Gasteiger partial charge in [-0.3, -0.25) is 14.5 Å². The third-order valence-electron chi connectivity index (χ3n) is 6.91. The lowest BCUT2D eigenvalue weighted by Gasteiger charge is -2.29. The van der Waals surface area contributed by atoms with Gasteiger partial charge in [-0.2, -0.15) is 0 Å². The monoisotopic (exact) mass is 565 g/mol. The Balaban J connectivity index is 1.84. The van der Waals surface area contributed by atoms with Crippen molar-refractivity contribution in [1.82, 2.24) is 10.2 Å². The zero-order chi connectivity index (χ0) is 30.4. The van der Waals surface area contributed by atoms with Crippen molar-refractivity contribution >= 4 is 23.2 Å². The normalized spacial score (nSPS) is 14.9. The van der Waals surface area contributed by atoms with Gasteiger partial charge in [-0.25, -0.2) is 0 Å². The number of anilines is 2. The van der Waals surface area contributed by atoms with E-state index in [1.54, 1.807) is 19.2 Å². The van der Waals surface area contributed by atoms with Crippen LogP contribution < -0.4 is 26.4 Å². The van der Waals surface area contributed by atoms with E-state index in [9.17, 15) is 9.59 Å². The quantitative estimate of drug-likeness (QED) is 0.324. The van der Waals surface area contributed by atoms with Gasteiger partial charge in [-0.05, 0) is 47.1 Å². The molecule has 9 nitrogen and oxygen atoms in total. The summed E-state index contributed by atoms with van der Waals surface area (Å²) in [7, 11) is 1.63. The second-order valence-corrected chi connectivity index (χ2v) is 12.8. The number of carbonyl (C=O) groups excluding carboxylic acids is 2. The van der Waals surface area contributed by atoms with E-state index in [1.165, 1.54) is 6.20 Å². The lowest BCUT2D eigenvalue weighted by Crippen LogP contribution is -2.35. The topological polar surface area (TPSA) is 118 Å². The highest BCUT2D eigenvalue weighted by Crippen LogP contribution is 2.36. The third-order valence-corrected chi connectivity index (χ3v) is 6.91. The first-order valence-electron chi connectivity index (χ1n) is 14.1. The summed E-state index contributed by atoms with van der Waals surface area (Å²) in [5, 5.41) is 9.01. The molecule has 3 rings (SSSR count). The zero-order valence-corrected chi connectivity index (χ0v) is 25.9. The highest BCUT2D eigenvalue weighted by Gasteiger charge is 2.23. The van der Waals surface area contributed by atoms with Crippen LogP contribution in [-0.4, -0.2) is 56.7 Å². The maximum Gasteiger partial charge on any atom is 0.268 e. The van der Waals surface area contributed by atoms with Crippen LogP contribution in [0.25, 0.3) is 0 Å². The number of methoxy groups -OCH3 is 1. The van der Waals surface area contributed by atoms with Gasteiger partial charge in [0.05, 0.1) is 26.0 Å². The SMILES string of the molecule is COc1c(CN2CCOCC2)cc(C(C)(C)C)cc1NC(=O)c1ccc(C)c(N/C=C(\N)C(=O)NCC(C)(C)C)c1. The molecule has 5 N–H and O–H groups in total. The fourth-order valence-electron chi connectivity index (χ4n) is 4.36. The second kappa shape index (κ2) is 13.4. The van der Waals surface area contributed by atoms with Crippen molar-refractivity contribution in [2.24, 2.45) is 11.1 Å². The molecule has 1 fully saturated rings. The fourth-order valence-corrected chi connectivity index (χ4v) is 4.36. The minimum Gasteiger partial charge on any atom is -0.494 e. The molecule has 41 heavy (non-hydrogen) atoms. The highest BCUT2D eigenvalue weighted by atomic mass is 16.5. The molecule has 0 spiro atoms. The number of hydrogen-bond donors (Lipinski definition) is 4. The summed E-state index contributed by atoms with van der Waals surface area (Å²) in [6.45, 7) is 18.8. The molecule has 1 aliphatic heterocycles. The number of nitrogens with one attached hydrogen (secondary N) is 3. The van der Waals surface area contributed by atoms with Crippen LogP contribution in [0, 0.1) is 12.3 Å². The maximum atomic E-state index is 13.5. The van der Waals surface area contributed by atoms with Gasteiger partial charge in [0, 0.05) is 49.2 Å². The lowest BCUT2D eigenvalue weighted by molar-refractivity contribution is -0.117. The van der Waals surface area contributed by atoms with Gasteiger partial charge in [0.25, 0.3) is 11.8 Å². The van der Waals surface area contributed by atoms with E-state index < -0.39 is 0 Å². The largest absolute Gasteiger partial charge is 0.494 e. The Morgan fingerprint density at radius 2 is 1.73 bits per heavy atom. The molecule has 2 aromatic carbocycles. The first-order valence-corrected chi connectivity index (χ1v) is 14.1. The average molecular weight is 566 g/mol. The van der Waals surface area contributed by atoms with Gasteiger partial charge < -0.3 is 31.2 Å². The van der Waals surface area contributed by atoms with E-state index in [0.29, 0.717) is 49.0 Å². The Bertz CT molecular complexity index is 1270. The van der Waals surface area contributed by atoms with Crippen LogP contribution >= 0.6 is 0 Å². The van der Waals surface area contributed by atoms with Crippen LogP contribution in [-0.2, 0) is 21.5 Å². The van der Waals surface area contributed by atoms with Crippen molar-refractivity contribution in [3.05, 3.63) is 64.5 Å². The summed E-state index contributed by atoms with van der Waals surface area (Å²) in [6.07, 6.45) is 1.45. The first kappa shape index (κ1) is 32.0. The predicted molar refractivity (Wildman–Crippen MR) is 165 cm³/mol. The summed E-state index contributed by atoms with van der Waals surface area (Å²) in [5.74, 6) is 0.0348. The Morgan fingerprint density at radius 3 is 2.34 bits per heavy atom. The number of amides is 2. The lowest BCUT2D eigenvalue weighted by atomic mass is 9.85. The summed E-state index contributed by atoms with van der Waals surface area (Å²) in [5.41, 5.74) is 10.7. The number of nitrogens with two attached hydrogens (primary N) is 1. The number of nitrogens with zero attached hydrogens (tertiary/aromatic N) is 1. The molecule has 9 heteroatoms. The highest BCUT2D eigenvalue weighted by molar-refractivity contribution is 6.06. The van der Waals surface area contributed by atoms with Gasteiger partial charge in [-0.1, -0.05) is 53.7 Å². The van der Waals surface area contributed by atoms with Crippen molar-refractivity contribution in [2.45, 2.75) is 60.4 Å². The molecule has 0 radical (unpaired) electrons. The van der Waals surface area contributed by atoms with Crippen LogP contribution in [0.1, 0.15) is 68.6 Å². The van der Waals surface area contributed by atoms with Crippen molar-refractivity contribution < 1.29 is 19.1 Å². The minimum absolute atomic E-state index is 0.0556. The Kier molecular flexibility index (Phi) is 10.4. The van der Waals surface area contributed by atoms with E-state index in [0.717, 1.165) is 29.8 Å². The van der Waals surface area contributed by atoms with Crippen LogP contribution in [0.2, 0.25) is 0 Å². The number of ether oxygens (including phenoxy) is 2. The molecular weight excluding hydrogens is 518 g/mol. The molecule has 0 atom stereocenters. The van der Waals surface area contributed by atoms with Crippen LogP contribution in [0.5, 0.6) is 5.75 Å². The average Bonchev–Trinajstić information content (AvgIpc) is 2.90. The van der Waals surface area contributed by atoms with E-state index in [4.69, 9.17) is 15.2 Å². The molecule has 1 aliphatic rings. The van der Waals surface area contributed by atoms with Crippen molar-refractivity contribution in [2.75, 3.05) is 50.6 Å². The molecule has 0 aliphatic carbocycles. The van der Waals surface area contributed by atoms with E-state index in [-0.39, 0.29) is 28.3 Å². The van der Waals surface area contributed by atoms with Gasteiger partial charge in [0.1, 0.15) is 11.4 Å². The number of benzene rings is 2. The zero-order valence-electron chi connectivity index (χ0n) is 25.9. The second-order valence-electron chi connectivity index (χ2n) is 12.8. The number of carbonyl (C=O) groups is 2.